The van der Waals surface area contributed by atoms with E-state index in [0.717, 1.165) is 49.4 Å². The summed E-state index contributed by atoms with van der Waals surface area (Å²) in [6.45, 7) is 1.40. The zero-order valence-electron chi connectivity index (χ0n) is 16.4. The lowest BCUT2D eigenvalue weighted by atomic mass is 9.86. The molecule has 7 nitrogen and oxygen atoms in total. The van der Waals surface area contributed by atoms with Crippen LogP contribution in [-0.2, 0) is 0 Å². The topological polar surface area (TPSA) is 91.7 Å². The van der Waals surface area contributed by atoms with E-state index in [1.54, 1.807) is 0 Å². The van der Waals surface area contributed by atoms with Crippen LogP contribution < -0.4 is 15.6 Å². The first kappa shape index (κ1) is 18.5. The van der Waals surface area contributed by atoms with E-state index in [2.05, 4.69) is 27.2 Å². The molecule has 29 heavy (non-hydrogen) atoms. The van der Waals surface area contributed by atoms with Crippen molar-refractivity contribution in [1.29, 1.82) is 0 Å². The second kappa shape index (κ2) is 7.74. The van der Waals surface area contributed by atoms with Gasteiger partial charge in [0.05, 0.1) is 12.2 Å². The number of benzene rings is 1. The van der Waals surface area contributed by atoms with Crippen molar-refractivity contribution in [3.8, 4) is 5.75 Å². The van der Waals surface area contributed by atoms with E-state index in [9.17, 15) is 5.11 Å². The van der Waals surface area contributed by atoms with E-state index in [1.165, 1.54) is 11.1 Å². The van der Waals surface area contributed by atoms with E-state index in [4.69, 9.17) is 10.5 Å². The zero-order chi connectivity index (χ0) is 19.8. The molecule has 7 heteroatoms. The predicted octanol–water partition coefficient (Wildman–Crippen LogP) is 2.14. The van der Waals surface area contributed by atoms with E-state index in [1.807, 2.05) is 34.9 Å². The third kappa shape index (κ3) is 3.39. The lowest BCUT2D eigenvalue weighted by Crippen LogP contribution is -2.31. The largest absolute Gasteiger partial charge is 0.854 e. The van der Waals surface area contributed by atoms with Crippen LogP contribution in [0.2, 0.25) is 0 Å². The Balaban J connectivity index is 1.44. The second-order valence-electron chi connectivity index (χ2n) is 7.97. The van der Waals surface area contributed by atoms with Gasteiger partial charge in [-0.05, 0) is 62.0 Å². The molecule has 1 saturated heterocycles. The van der Waals surface area contributed by atoms with Gasteiger partial charge in [-0.3, -0.25) is 9.30 Å². The normalized spacial score (nSPS) is 24.7. The molecule has 0 spiro atoms. The van der Waals surface area contributed by atoms with E-state index in [-0.39, 0.29) is 24.8 Å². The predicted molar refractivity (Wildman–Crippen MR) is 107 cm³/mol. The van der Waals surface area contributed by atoms with Crippen molar-refractivity contribution in [2.24, 2.45) is 5.73 Å². The van der Waals surface area contributed by atoms with Crippen LogP contribution in [-0.4, -0.2) is 39.2 Å². The maximum absolute atomic E-state index is 11.2. The van der Waals surface area contributed by atoms with Gasteiger partial charge < -0.3 is 15.6 Å². The van der Waals surface area contributed by atoms with Crippen LogP contribution >= 0.6 is 0 Å². The molecule has 0 unspecified atom stereocenters. The van der Waals surface area contributed by atoms with Crippen molar-refractivity contribution in [3.63, 3.8) is 0 Å². The number of nitrogens with zero attached hydrogens (tertiary/aromatic N) is 4. The Bertz CT molecular complexity index is 1000. The minimum Gasteiger partial charge on any atom is -0.854 e. The highest BCUT2D eigenvalue weighted by Crippen LogP contribution is 2.38. The smallest absolute Gasteiger partial charge is 0.161 e. The van der Waals surface area contributed by atoms with Crippen LogP contribution in [0, 0.1) is 0 Å². The van der Waals surface area contributed by atoms with Crippen molar-refractivity contribution >= 4 is 5.65 Å². The Labute approximate surface area is 170 Å². The highest BCUT2D eigenvalue weighted by molar-refractivity contribution is 5.42. The van der Waals surface area contributed by atoms with Crippen molar-refractivity contribution in [2.45, 2.75) is 43.9 Å². The minimum absolute atomic E-state index is 0.00757. The summed E-state index contributed by atoms with van der Waals surface area (Å²) in [5.74, 6) is 1.68. The van der Waals surface area contributed by atoms with E-state index in [0.29, 0.717) is 6.54 Å². The van der Waals surface area contributed by atoms with Crippen LogP contribution in [0.3, 0.4) is 0 Å². The SMILES string of the molecule is N[C@H]1CC[C@@H](Oc2ccc3nnc([C@@H]4CCCN4CC[O-])n3c2)c2ccccc21. The number of nitrogens with two attached hydrogens (primary N) is 1. The van der Waals surface area contributed by atoms with Crippen molar-refractivity contribution in [1.82, 2.24) is 19.5 Å². The molecule has 1 aromatic carbocycles. The molecule has 0 radical (unpaired) electrons. The Morgan fingerprint density at radius 2 is 1.93 bits per heavy atom. The van der Waals surface area contributed by atoms with Crippen LogP contribution in [0.1, 0.15) is 60.8 Å². The lowest BCUT2D eigenvalue weighted by molar-refractivity contribution is -0.369. The van der Waals surface area contributed by atoms with Gasteiger partial charge in [0.2, 0.25) is 0 Å². The Morgan fingerprint density at radius 1 is 1.07 bits per heavy atom. The summed E-state index contributed by atoms with van der Waals surface area (Å²) in [5.41, 5.74) is 9.43. The molecule has 0 saturated carbocycles. The van der Waals surface area contributed by atoms with Crippen LogP contribution in [0.15, 0.2) is 42.6 Å². The number of ether oxygens (including phenoxy) is 1. The monoisotopic (exact) mass is 392 g/mol. The molecule has 2 aromatic heterocycles. The second-order valence-corrected chi connectivity index (χ2v) is 7.97. The summed E-state index contributed by atoms with van der Waals surface area (Å²) in [7, 11) is 0. The first-order valence-corrected chi connectivity index (χ1v) is 10.4. The number of likely N-dealkylation sites (tertiary alicyclic amines) is 1. The van der Waals surface area contributed by atoms with Gasteiger partial charge in [0.1, 0.15) is 11.9 Å². The molecular formula is C22H26N5O2-. The summed E-state index contributed by atoms with van der Waals surface area (Å²) < 4.78 is 8.42. The van der Waals surface area contributed by atoms with Gasteiger partial charge >= 0.3 is 0 Å². The average Bonchev–Trinajstić information content (AvgIpc) is 3.37. The quantitative estimate of drug-likeness (QED) is 0.715. The van der Waals surface area contributed by atoms with E-state index >= 15 is 0 Å². The van der Waals surface area contributed by atoms with Gasteiger partial charge in [-0.25, -0.2) is 0 Å². The van der Waals surface area contributed by atoms with Gasteiger partial charge in [-0.15, -0.1) is 16.8 Å². The van der Waals surface area contributed by atoms with Crippen LogP contribution in [0.25, 0.3) is 5.65 Å². The highest BCUT2D eigenvalue weighted by atomic mass is 16.5. The number of pyridine rings is 1. The summed E-state index contributed by atoms with van der Waals surface area (Å²) in [6, 6.07) is 12.4. The molecule has 3 heterocycles. The number of hydrogen-bond acceptors (Lipinski definition) is 6. The summed E-state index contributed by atoms with van der Waals surface area (Å²) in [4.78, 5) is 2.22. The molecule has 3 atom stereocenters. The van der Waals surface area contributed by atoms with Crippen molar-refractivity contribution < 1.29 is 9.84 Å². The van der Waals surface area contributed by atoms with E-state index < -0.39 is 0 Å². The molecular weight excluding hydrogens is 366 g/mol. The fourth-order valence-corrected chi connectivity index (χ4v) is 4.76. The molecule has 0 bridgehead atoms. The molecule has 0 amide bonds. The zero-order valence-corrected chi connectivity index (χ0v) is 16.4. The minimum atomic E-state index is -0.0924. The molecule has 2 N–H and O–H groups in total. The first-order valence-electron chi connectivity index (χ1n) is 10.4. The van der Waals surface area contributed by atoms with Crippen molar-refractivity contribution in [3.05, 3.63) is 59.5 Å². The Morgan fingerprint density at radius 3 is 2.79 bits per heavy atom. The van der Waals surface area contributed by atoms with Gasteiger partial charge in [0.15, 0.2) is 11.5 Å². The van der Waals surface area contributed by atoms with Gasteiger partial charge in [0.25, 0.3) is 0 Å². The molecule has 3 aromatic rings. The molecule has 5 rings (SSSR count). The van der Waals surface area contributed by atoms with Crippen LogP contribution in [0.4, 0.5) is 0 Å². The maximum Gasteiger partial charge on any atom is 0.161 e. The number of hydrogen-bond donors (Lipinski definition) is 1. The molecule has 1 aliphatic heterocycles. The van der Waals surface area contributed by atoms with Gasteiger partial charge in [0, 0.05) is 6.04 Å². The maximum atomic E-state index is 11.2. The molecule has 1 aliphatic carbocycles. The highest BCUT2D eigenvalue weighted by Gasteiger charge is 2.29. The molecule has 152 valence electrons. The van der Waals surface area contributed by atoms with Crippen molar-refractivity contribution in [2.75, 3.05) is 19.7 Å². The standard InChI is InChI=1S/C22H26N5O2/c23-18-8-9-20(17-5-2-1-4-16(17)18)29-15-7-10-21-24-25-22(27(21)14-15)19-6-3-11-26(19)12-13-28/h1-2,4-5,7,10,14,18-20H,3,6,8-9,11-13,23H2/q-1/t18-,19-,20+/m0/s1. The lowest BCUT2D eigenvalue weighted by Gasteiger charge is -2.30. The summed E-state index contributed by atoms with van der Waals surface area (Å²) >= 11 is 0. The average molecular weight is 392 g/mol. The fourth-order valence-electron chi connectivity index (χ4n) is 4.76. The van der Waals surface area contributed by atoms with Gasteiger partial charge in [-0.2, -0.15) is 0 Å². The third-order valence-electron chi connectivity index (χ3n) is 6.20. The summed E-state index contributed by atoms with van der Waals surface area (Å²) in [5, 5.41) is 19.9. The number of fused-ring (bicyclic) bond motifs is 2. The Hall–Kier alpha value is -2.48. The summed E-state index contributed by atoms with van der Waals surface area (Å²) in [6.07, 6.45) is 5.86. The molecule has 1 fully saturated rings. The fraction of sp³-hybridized carbons (Fsp3) is 0.455. The Kier molecular flexibility index (Phi) is 4.95. The van der Waals surface area contributed by atoms with Gasteiger partial charge in [-0.1, -0.05) is 24.3 Å². The van der Waals surface area contributed by atoms with Crippen LogP contribution in [0.5, 0.6) is 5.75 Å². The first-order chi connectivity index (χ1) is 14.2. The number of aromatic nitrogens is 3. The third-order valence-corrected chi connectivity index (χ3v) is 6.20. The number of rotatable bonds is 5. The molecule has 2 aliphatic rings.